The Kier molecular flexibility index (Phi) is 6.64. The molecule has 0 spiro atoms. The van der Waals surface area contributed by atoms with Crippen molar-refractivity contribution in [2.45, 2.75) is 32.0 Å². The lowest BCUT2D eigenvalue weighted by atomic mass is 10.2. The number of ketones is 1. The molecule has 0 saturated carbocycles. The normalized spacial score (nSPS) is 11.1. The number of hydrogen-bond acceptors (Lipinski definition) is 6. The molecule has 0 aliphatic heterocycles. The van der Waals surface area contributed by atoms with Gasteiger partial charge in [0.05, 0.1) is 5.75 Å². The van der Waals surface area contributed by atoms with Gasteiger partial charge in [0, 0.05) is 42.8 Å². The highest BCUT2D eigenvalue weighted by Crippen LogP contribution is 2.25. The van der Waals surface area contributed by atoms with Crippen LogP contribution in [0, 0.1) is 19.7 Å². The van der Waals surface area contributed by atoms with E-state index in [1.807, 2.05) is 19.9 Å². The highest BCUT2D eigenvalue weighted by molar-refractivity contribution is 7.99. The van der Waals surface area contributed by atoms with E-state index in [9.17, 15) is 9.18 Å². The second-order valence-corrected chi connectivity index (χ2v) is 7.30. The van der Waals surface area contributed by atoms with Gasteiger partial charge in [-0.25, -0.2) is 4.39 Å². The van der Waals surface area contributed by atoms with Gasteiger partial charge in [-0.2, -0.15) is 0 Å². The molecule has 0 aliphatic carbocycles. The Hall–Kier alpha value is -2.45. The Bertz CT molecular complexity index is 950. The molecule has 8 heteroatoms. The minimum atomic E-state index is -0.330. The van der Waals surface area contributed by atoms with Crippen LogP contribution in [0.2, 0.25) is 0 Å². The van der Waals surface area contributed by atoms with Crippen LogP contribution in [-0.2, 0) is 11.3 Å². The predicted octanol–water partition coefficient (Wildman–Crippen LogP) is 4.31. The summed E-state index contributed by atoms with van der Waals surface area (Å²) >= 11 is 1.19. The number of ether oxygens (including phenoxy) is 1. The Morgan fingerprint density at radius 2 is 2.00 bits per heavy atom. The fourth-order valence-corrected chi connectivity index (χ4v) is 3.62. The smallest absolute Gasteiger partial charge is 0.277 e. The molecular formula is C20H22FN3O3S. The molecule has 0 aliphatic rings. The number of carbonyl (C=O) groups excluding carboxylic acids is 1. The average molecular weight is 403 g/mol. The molecular weight excluding hydrogens is 381 g/mol. The Labute approximate surface area is 167 Å². The Morgan fingerprint density at radius 1 is 1.25 bits per heavy atom. The number of hydrogen-bond donors (Lipinski definition) is 0. The van der Waals surface area contributed by atoms with Crippen molar-refractivity contribution in [1.29, 1.82) is 0 Å². The predicted molar refractivity (Wildman–Crippen MR) is 105 cm³/mol. The van der Waals surface area contributed by atoms with Gasteiger partial charge in [0.1, 0.15) is 5.82 Å². The number of Topliss-reactive ketones (excluding diaryl/α,β-unsaturated/α-hetero) is 1. The van der Waals surface area contributed by atoms with Crippen molar-refractivity contribution in [1.82, 2.24) is 14.8 Å². The van der Waals surface area contributed by atoms with E-state index in [2.05, 4.69) is 14.8 Å². The van der Waals surface area contributed by atoms with E-state index in [1.165, 1.54) is 23.9 Å². The maximum atomic E-state index is 13.0. The number of aromatic nitrogens is 3. The SMILES string of the molecule is COCCCn1c(C)cc(C(=O)CSc2nnc(-c3ccc(F)cc3)o2)c1C. The first-order valence-electron chi connectivity index (χ1n) is 8.90. The lowest BCUT2D eigenvalue weighted by molar-refractivity contribution is 0.102. The quantitative estimate of drug-likeness (QED) is 0.301. The van der Waals surface area contributed by atoms with Gasteiger partial charge in [-0.05, 0) is 50.6 Å². The van der Waals surface area contributed by atoms with Crippen molar-refractivity contribution in [3.63, 3.8) is 0 Å². The highest BCUT2D eigenvalue weighted by atomic mass is 32.2. The summed E-state index contributed by atoms with van der Waals surface area (Å²) in [5.41, 5.74) is 3.35. The first kappa shape index (κ1) is 20.3. The molecule has 3 aromatic rings. The van der Waals surface area contributed by atoms with Crippen LogP contribution in [0.25, 0.3) is 11.5 Å². The summed E-state index contributed by atoms with van der Waals surface area (Å²) < 4.78 is 25.8. The van der Waals surface area contributed by atoms with E-state index in [1.54, 1.807) is 19.2 Å². The summed E-state index contributed by atoms with van der Waals surface area (Å²) in [6, 6.07) is 7.72. The molecule has 0 radical (unpaired) electrons. The van der Waals surface area contributed by atoms with Crippen molar-refractivity contribution in [3.05, 3.63) is 53.1 Å². The summed E-state index contributed by atoms with van der Waals surface area (Å²) in [6.45, 7) is 5.45. The second-order valence-electron chi connectivity index (χ2n) is 6.37. The van der Waals surface area contributed by atoms with Crippen LogP contribution in [0.15, 0.2) is 40.0 Å². The Morgan fingerprint density at radius 3 is 2.71 bits per heavy atom. The summed E-state index contributed by atoms with van der Waals surface area (Å²) in [5.74, 6) is 0.181. The largest absolute Gasteiger partial charge is 0.411 e. The van der Waals surface area contributed by atoms with Gasteiger partial charge < -0.3 is 13.7 Å². The molecule has 148 valence electrons. The monoisotopic (exact) mass is 403 g/mol. The topological polar surface area (TPSA) is 70.2 Å². The maximum absolute atomic E-state index is 13.0. The van der Waals surface area contributed by atoms with Gasteiger partial charge in [-0.3, -0.25) is 4.79 Å². The molecule has 0 bridgehead atoms. The zero-order valence-electron chi connectivity index (χ0n) is 16.1. The van der Waals surface area contributed by atoms with Gasteiger partial charge in [0.15, 0.2) is 5.78 Å². The number of aryl methyl sites for hydroxylation is 1. The van der Waals surface area contributed by atoms with E-state index in [0.717, 1.165) is 24.4 Å². The Balaban J connectivity index is 1.63. The van der Waals surface area contributed by atoms with Crippen molar-refractivity contribution in [2.24, 2.45) is 0 Å². The van der Waals surface area contributed by atoms with E-state index < -0.39 is 0 Å². The number of halogens is 1. The molecule has 28 heavy (non-hydrogen) atoms. The molecule has 6 nitrogen and oxygen atoms in total. The van der Waals surface area contributed by atoms with Gasteiger partial charge in [-0.1, -0.05) is 11.8 Å². The molecule has 1 aromatic carbocycles. The van der Waals surface area contributed by atoms with Crippen LogP contribution in [0.4, 0.5) is 4.39 Å². The van der Waals surface area contributed by atoms with E-state index in [0.29, 0.717) is 28.8 Å². The summed E-state index contributed by atoms with van der Waals surface area (Å²) in [7, 11) is 1.68. The summed E-state index contributed by atoms with van der Waals surface area (Å²) in [6.07, 6.45) is 0.892. The third-order valence-electron chi connectivity index (χ3n) is 4.43. The molecule has 3 rings (SSSR count). The van der Waals surface area contributed by atoms with E-state index in [4.69, 9.17) is 9.15 Å². The number of benzene rings is 1. The third kappa shape index (κ3) is 4.69. The molecule has 0 fully saturated rings. The van der Waals surface area contributed by atoms with E-state index >= 15 is 0 Å². The lowest BCUT2D eigenvalue weighted by Crippen LogP contribution is -2.08. The number of carbonyl (C=O) groups is 1. The van der Waals surface area contributed by atoms with Crippen LogP contribution in [0.5, 0.6) is 0 Å². The average Bonchev–Trinajstić information content (AvgIpc) is 3.26. The maximum Gasteiger partial charge on any atom is 0.277 e. The third-order valence-corrected chi connectivity index (χ3v) is 5.25. The molecule has 2 aromatic heterocycles. The minimum Gasteiger partial charge on any atom is -0.411 e. The van der Waals surface area contributed by atoms with Gasteiger partial charge in [-0.15, -0.1) is 10.2 Å². The fourth-order valence-electron chi connectivity index (χ4n) is 2.98. The van der Waals surface area contributed by atoms with Crippen LogP contribution in [0.3, 0.4) is 0 Å². The van der Waals surface area contributed by atoms with Gasteiger partial charge in [0.2, 0.25) is 5.89 Å². The van der Waals surface area contributed by atoms with Crippen molar-refractivity contribution in [3.8, 4) is 11.5 Å². The number of rotatable bonds is 9. The molecule has 0 saturated heterocycles. The summed E-state index contributed by atoms with van der Waals surface area (Å²) in [4.78, 5) is 12.7. The molecule has 2 heterocycles. The van der Waals surface area contributed by atoms with Gasteiger partial charge in [0.25, 0.3) is 5.22 Å². The fraction of sp³-hybridized carbons (Fsp3) is 0.350. The first-order valence-corrected chi connectivity index (χ1v) is 9.89. The van der Waals surface area contributed by atoms with Crippen LogP contribution < -0.4 is 0 Å². The van der Waals surface area contributed by atoms with Crippen LogP contribution in [0.1, 0.15) is 28.2 Å². The number of nitrogens with zero attached hydrogens (tertiary/aromatic N) is 3. The van der Waals surface area contributed by atoms with Crippen molar-refractivity contribution < 1.29 is 18.3 Å². The zero-order chi connectivity index (χ0) is 20.1. The molecule has 0 N–H and O–H groups in total. The molecule has 0 unspecified atom stereocenters. The minimum absolute atomic E-state index is 0.0117. The van der Waals surface area contributed by atoms with E-state index in [-0.39, 0.29) is 17.4 Å². The van der Waals surface area contributed by atoms with Crippen LogP contribution >= 0.6 is 11.8 Å². The van der Waals surface area contributed by atoms with Crippen molar-refractivity contribution in [2.75, 3.05) is 19.5 Å². The van der Waals surface area contributed by atoms with Gasteiger partial charge >= 0.3 is 0 Å². The standard InChI is InChI=1S/C20H22FN3O3S/c1-13-11-17(14(2)24(13)9-4-10-26-3)18(25)12-28-20-23-22-19(27-20)15-5-7-16(21)8-6-15/h5-8,11H,4,9-10,12H2,1-3H3. The number of thioether (sulfide) groups is 1. The first-order chi connectivity index (χ1) is 13.5. The lowest BCUT2D eigenvalue weighted by Gasteiger charge is -2.09. The highest BCUT2D eigenvalue weighted by Gasteiger charge is 2.17. The molecule has 0 atom stereocenters. The van der Waals surface area contributed by atoms with Crippen LogP contribution in [-0.4, -0.2) is 40.0 Å². The number of methoxy groups -OCH3 is 1. The van der Waals surface area contributed by atoms with Crippen molar-refractivity contribution >= 4 is 17.5 Å². The molecule has 0 amide bonds. The zero-order valence-corrected chi connectivity index (χ0v) is 16.9. The summed E-state index contributed by atoms with van der Waals surface area (Å²) in [5, 5.41) is 8.22. The second kappa shape index (κ2) is 9.16.